The molecule has 4 heterocycles. The van der Waals surface area contributed by atoms with Gasteiger partial charge in [-0.15, -0.1) is 0 Å². The maximum absolute atomic E-state index is 11.3. The van der Waals surface area contributed by atoms with E-state index >= 15 is 0 Å². The fraction of sp³-hybridized carbons (Fsp3) is 0.455. The highest BCUT2D eigenvalue weighted by Crippen LogP contribution is 2.38. The Bertz CT molecular complexity index is 1020. The molecule has 1 saturated heterocycles. The van der Waals surface area contributed by atoms with Crippen molar-refractivity contribution >= 4 is 16.6 Å². The molecule has 0 unspecified atom stereocenters. The quantitative estimate of drug-likeness (QED) is 0.697. The molecule has 7 heteroatoms. The first-order chi connectivity index (χ1) is 14.3. The van der Waals surface area contributed by atoms with Gasteiger partial charge in [0, 0.05) is 36.5 Å². The van der Waals surface area contributed by atoms with Crippen LogP contribution in [0.5, 0.6) is 5.88 Å². The van der Waals surface area contributed by atoms with Gasteiger partial charge in [0.15, 0.2) is 0 Å². The number of nitrogens with one attached hydrogen (secondary N) is 1. The topological polar surface area (TPSA) is 84.7 Å². The zero-order valence-electron chi connectivity index (χ0n) is 16.4. The summed E-state index contributed by atoms with van der Waals surface area (Å²) in [6.07, 6.45) is 5.40. The molecule has 2 aliphatic rings. The largest absolute Gasteiger partial charge is 0.494 e. The summed E-state index contributed by atoms with van der Waals surface area (Å²) in [5.74, 6) is 0.307. The van der Waals surface area contributed by atoms with Gasteiger partial charge in [0.05, 0.1) is 36.6 Å². The third-order valence-electron chi connectivity index (χ3n) is 5.90. The van der Waals surface area contributed by atoms with Gasteiger partial charge in [0.1, 0.15) is 0 Å². The summed E-state index contributed by atoms with van der Waals surface area (Å²) >= 11 is 0. The number of aromatic nitrogens is 3. The molecule has 0 amide bonds. The molecule has 5 rings (SSSR count). The molecule has 0 spiro atoms. The number of fused-ring (bicyclic) bond motifs is 1. The molecule has 2 aliphatic heterocycles. The molecule has 3 aromatic rings. The normalized spacial score (nSPS) is 18.3. The van der Waals surface area contributed by atoms with Gasteiger partial charge in [0.25, 0.3) is 0 Å². The average molecular weight is 394 g/mol. The maximum Gasteiger partial charge on any atom is 0.201 e. The van der Waals surface area contributed by atoms with Crippen LogP contribution in [0.4, 0.5) is 0 Å². The fourth-order valence-corrected chi connectivity index (χ4v) is 4.42. The molecule has 0 bridgehead atoms. The Kier molecular flexibility index (Phi) is 5.08. The highest BCUT2D eigenvalue weighted by Gasteiger charge is 2.27. The monoisotopic (exact) mass is 394 g/mol. The van der Waals surface area contributed by atoms with Crippen LogP contribution in [0.3, 0.4) is 0 Å². The standard InChI is InChI=1S/C22H26N4O3/c27-22-21(19-14-29-12-9-23-19)18-13-15(1-3-16-5-8-24-25-16)2-4-20(18)26(22)17-6-10-28-11-7-17/h2,4-5,8,13,17,27H,1,3,6-7,9-12,14H2,(H,24,25). The number of hydrogen-bond acceptors (Lipinski definition) is 5. The molecule has 0 atom stereocenters. The highest BCUT2D eigenvalue weighted by atomic mass is 16.5. The van der Waals surface area contributed by atoms with Crippen LogP contribution < -0.4 is 0 Å². The molecule has 7 nitrogen and oxygen atoms in total. The molecule has 152 valence electrons. The molecule has 1 fully saturated rings. The third kappa shape index (κ3) is 3.56. The van der Waals surface area contributed by atoms with Gasteiger partial charge in [0.2, 0.25) is 5.88 Å². The van der Waals surface area contributed by atoms with Crippen molar-refractivity contribution in [2.24, 2.45) is 4.99 Å². The Labute approximate surface area is 169 Å². The second kappa shape index (κ2) is 8.00. The van der Waals surface area contributed by atoms with Crippen LogP contribution in [0, 0.1) is 0 Å². The number of H-pyrrole nitrogens is 1. The van der Waals surface area contributed by atoms with Crippen molar-refractivity contribution in [2.75, 3.05) is 33.0 Å². The lowest BCUT2D eigenvalue weighted by Gasteiger charge is -2.25. The summed E-state index contributed by atoms with van der Waals surface area (Å²) < 4.78 is 13.3. The van der Waals surface area contributed by atoms with Crippen LogP contribution in [-0.4, -0.2) is 58.6 Å². The smallest absolute Gasteiger partial charge is 0.201 e. The van der Waals surface area contributed by atoms with Crippen molar-refractivity contribution in [3.8, 4) is 5.88 Å². The number of aryl methyl sites for hydroxylation is 2. The van der Waals surface area contributed by atoms with E-state index in [-0.39, 0.29) is 6.04 Å². The van der Waals surface area contributed by atoms with Crippen LogP contribution in [0.1, 0.15) is 35.7 Å². The minimum absolute atomic E-state index is 0.237. The van der Waals surface area contributed by atoms with Crippen LogP contribution >= 0.6 is 0 Å². The second-order valence-corrected chi connectivity index (χ2v) is 7.73. The Hall–Kier alpha value is -2.64. The number of hydrogen-bond donors (Lipinski definition) is 2. The summed E-state index contributed by atoms with van der Waals surface area (Å²) in [7, 11) is 0. The molecular formula is C22H26N4O3. The number of aliphatic imine (C=N–C) groups is 1. The molecule has 0 radical (unpaired) electrons. The first kappa shape index (κ1) is 18.4. The van der Waals surface area contributed by atoms with Crippen molar-refractivity contribution in [1.29, 1.82) is 0 Å². The lowest BCUT2D eigenvalue weighted by Crippen LogP contribution is -2.20. The minimum Gasteiger partial charge on any atom is -0.494 e. The molecular weight excluding hydrogens is 368 g/mol. The summed E-state index contributed by atoms with van der Waals surface area (Å²) in [5.41, 5.74) is 5.08. The number of ether oxygens (including phenoxy) is 2. The molecule has 2 N–H and O–H groups in total. The van der Waals surface area contributed by atoms with E-state index in [1.54, 1.807) is 6.20 Å². The predicted molar refractivity (Wildman–Crippen MR) is 111 cm³/mol. The second-order valence-electron chi connectivity index (χ2n) is 7.73. The molecule has 0 saturated carbocycles. The van der Waals surface area contributed by atoms with E-state index in [1.165, 1.54) is 5.56 Å². The SMILES string of the molecule is Oc1c(C2=NCCOC2)c2cc(CCc3ccn[nH]3)ccc2n1C1CCOCC1. The van der Waals surface area contributed by atoms with Crippen LogP contribution in [0.15, 0.2) is 35.5 Å². The van der Waals surface area contributed by atoms with E-state index in [0.717, 1.165) is 66.8 Å². The fourth-order valence-electron chi connectivity index (χ4n) is 4.42. The van der Waals surface area contributed by atoms with E-state index in [4.69, 9.17) is 9.47 Å². The van der Waals surface area contributed by atoms with E-state index in [2.05, 4.69) is 38.0 Å². The average Bonchev–Trinajstić information content (AvgIpc) is 3.38. The zero-order chi connectivity index (χ0) is 19.6. The van der Waals surface area contributed by atoms with E-state index in [0.29, 0.717) is 25.6 Å². The lowest BCUT2D eigenvalue weighted by atomic mass is 10.0. The van der Waals surface area contributed by atoms with Gasteiger partial charge in [-0.3, -0.25) is 10.1 Å². The van der Waals surface area contributed by atoms with Crippen molar-refractivity contribution in [3.05, 3.63) is 47.3 Å². The van der Waals surface area contributed by atoms with Gasteiger partial charge in [-0.1, -0.05) is 6.07 Å². The van der Waals surface area contributed by atoms with Crippen LogP contribution in [-0.2, 0) is 22.3 Å². The third-order valence-corrected chi connectivity index (χ3v) is 5.90. The number of aromatic amines is 1. The highest BCUT2D eigenvalue weighted by molar-refractivity contribution is 6.14. The molecule has 1 aromatic carbocycles. The Morgan fingerprint density at radius 1 is 1.10 bits per heavy atom. The number of benzene rings is 1. The minimum atomic E-state index is 0.237. The van der Waals surface area contributed by atoms with Gasteiger partial charge in [-0.25, -0.2) is 0 Å². The predicted octanol–water partition coefficient (Wildman–Crippen LogP) is 3.03. The Morgan fingerprint density at radius 3 is 2.76 bits per heavy atom. The first-order valence-corrected chi connectivity index (χ1v) is 10.3. The van der Waals surface area contributed by atoms with Crippen molar-refractivity contribution in [2.45, 2.75) is 31.7 Å². The summed E-state index contributed by atoms with van der Waals surface area (Å²) in [6, 6.07) is 8.75. The molecule has 2 aromatic heterocycles. The zero-order valence-corrected chi connectivity index (χ0v) is 16.4. The van der Waals surface area contributed by atoms with Crippen molar-refractivity contribution < 1.29 is 14.6 Å². The van der Waals surface area contributed by atoms with Gasteiger partial charge < -0.3 is 19.1 Å². The summed E-state index contributed by atoms with van der Waals surface area (Å²) in [6.45, 7) is 3.17. The van der Waals surface area contributed by atoms with Gasteiger partial charge in [-0.05, 0) is 49.4 Å². The van der Waals surface area contributed by atoms with E-state index in [9.17, 15) is 5.11 Å². The van der Waals surface area contributed by atoms with E-state index in [1.807, 2.05) is 6.07 Å². The van der Waals surface area contributed by atoms with Crippen molar-refractivity contribution in [3.63, 3.8) is 0 Å². The van der Waals surface area contributed by atoms with Crippen LogP contribution in [0.2, 0.25) is 0 Å². The number of aromatic hydroxyl groups is 1. The first-order valence-electron chi connectivity index (χ1n) is 10.3. The number of nitrogens with zero attached hydrogens (tertiary/aromatic N) is 3. The van der Waals surface area contributed by atoms with Gasteiger partial charge in [-0.2, -0.15) is 5.10 Å². The Balaban J connectivity index is 1.57. The maximum atomic E-state index is 11.3. The van der Waals surface area contributed by atoms with Crippen molar-refractivity contribution in [1.82, 2.24) is 14.8 Å². The summed E-state index contributed by atoms with van der Waals surface area (Å²) in [5, 5.41) is 19.4. The van der Waals surface area contributed by atoms with E-state index < -0.39 is 0 Å². The van der Waals surface area contributed by atoms with Gasteiger partial charge >= 0.3 is 0 Å². The number of rotatable bonds is 5. The molecule has 0 aliphatic carbocycles. The summed E-state index contributed by atoms with van der Waals surface area (Å²) in [4.78, 5) is 4.67. The molecule has 29 heavy (non-hydrogen) atoms. The lowest BCUT2D eigenvalue weighted by molar-refractivity contribution is 0.0688. The Morgan fingerprint density at radius 2 is 2.00 bits per heavy atom. The van der Waals surface area contributed by atoms with Crippen LogP contribution in [0.25, 0.3) is 10.9 Å².